The SMILES string of the molecule is COc1ccc(Cl)cc1-c1ccc2c(N3CCCOCC3)nc(OCC34CCCN3CCC4)nc2c1C. The Hall–Kier alpha value is -2.61. The predicted octanol–water partition coefficient (Wildman–Crippen LogP) is 5.50. The van der Waals surface area contributed by atoms with Gasteiger partial charge in [0.15, 0.2) is 0 Å². The molecule has 3 aromatic rings. The molecule has 2 aromatic carbocycles. The molecule has 6 rings (SSSR count). The van der Waals surface area contributed by atoms with Crippen LogP contribution in [0.1, 0.15) is 37.7 Å². The molecule has 37 heavy (non-hydrogen) atoms. The Morgan fingerprint density at radius 1 is 0.973 bits per heavy atom. The second-order valence-electron chi connectivity index (χ2n) is 10.5. The van der Waals surface area contributed by atoms with Gasteiger partial charge < -0.3 is 19.1 Å². The molecule has 196 valence electrons. The third kappa shape index (κ3) is 4.62. The van der Waals surface area contributed by atoms with E-state index in [1.54, 1.807) is 7.11 Å². The van der Waals surface area contributed by atoms with E-state index in [-0.39, 0.29) is 5.54 Å². The normalized spacial score (nSPS) is 19.7. The molecule has 0 N–H and O–H groups in total. The summed E-state index contributed by atoms with van der Waals surface area (Å²) in [6.07, 6.45) is 5.83. The lowest BCUT2D eigenvalue weighted by molar-refractivity contribution is 0.108. The quantitative estimate of drug-likeness (QED) is 0.423. The summed E-state index contributed by atoms with van der Waals surface area (Å²) in [6, 6.07) is 10.4. The zero-order chi connectivity index (χ0) is 25.4. The number of ether oxygens (including phenoxy) is 3. The average Bonchev–Trinajstić information content (AvgIpc) is 3.37. The minimum atomic E-state index is 0.139. The van der Waals surface area contributed by atoms with Crippen molar-refractivity contribution < 1.29 is 14.2 Å². The number of methoxy groups -OCH3 is 1. The van der Waals surface area contributed by atoms with Crippen molar-refractivity contribution in [2.24, 2.45) is 0 Å². The zero-order valence-corrected chi connectivity index (χ0v) is 22.5. The first kappa shape index (κ1) is 24.7. The van der Waals surface area contributed by atoms with Crippen molar-refractivity contribution in [2.75, 3.05) is 58.0 Å². The smallest absolute Gasteiger partial charge is 0.319 e. The van der Waals surface area contributed by atoms with E-state index in [0.717, 1.165) is 65.3 Å². The highest BCUT2D eigenvalue weighted by Crippen LogP contribution is 2.41. The fourth-order valence-corrected chi connectivity index (χ4v) is 6.57. The Bertz CT molecular complexity index is 1280. The molecule has 0 atom stereocenters. The second kappa shape index (κ2) is 10.3. The number of fused-ring (bicyclic) bond motifs is 2. The van der Waals surface area contributed by atoms with E-state index in [1.165, 1.54) is 38.8 Å². The van der Waals surface area contributed by atoms with Crippen LogP contribution < -0.4 is 14.4 Å². The first-order valence-electron chi connectivity index (χ1n) is 13.4. The summed E-state index contributed by atoms with van der Waals surface area (Å²) in [4.78, 5) is 14.9. The monoisotopic (exact) mass is 522 g/mol. The summed E-state index contributed by atoms with van der Waals surface area (Å²) < 4.78 is 17.9. The molecule has 3 saturated heterocycles. The van der Waals surface area contributed by atoms with Gasteiger partial charge in [0, 0.05) is 35.7 Å². The van der Waals surface area contributed by atoms with Crippen LogP contribution in [0.5, 0.6) is 11.8 Å². The Labute approximate surface area is 223 Å². The van der Waals surface area contributed by atoms with Gasteiger partial charge in [-0.2, -0.15) is 9.97 Å². The van der Waals surface area contributed by atoms with E-state index >= 15 is 0 Å². The highest BCUT2D eigenvalue weighted by atomic mass is 35.5. The van der Waals surface area contributed by atoms with E-state index in [4.69, 9.17) is 35.8 Å². The van der Waals surface area contributed by atoms with E-state index in [2.05, 4.69) is 28.9 Å². The van der Waals surface area contributed by atoms with Gasteiger partial charge in [-0.1, -0.05) is 17.7 Å². The Kier molecular flexibility index (Phi) is 6.86. The van der Waals surface area contributed by atoms with Gasteiger partial charge in [-0.05, 0) is 87.5 Å². The molecule has 8 heteroatoms. The topological polar surface area (TPSA) is 60.0 Å². The summed E-state index contributed by atoms with van der Waals surface area (Å²) in [5, 5.41) is 1.70. The van der Waals surface area contributed by atoms with Gasteiger partial charge in [0.1, 0.15) is 18.2 Å². The molecule has 4 heterocycles. The van der Waals surface area contributed by atoms with E-state index in [9.17, 15) is 0 Å². The van der Waals surface area contributed by atoms with Crippen LogP contribution in [0.15, 0.2) is 30.3 Å². The van der Waals surface area contributed by atoms with Gasteiger partial charge in [0.2, 0.25) is 0 Å². The molecule has 3 aliphatic rings. The third-order valence-electron chi connectivity index (χ3n) is 8.34. The molecule has 1 aromatic heterocycles. The van der Waals surface area contributed by atoms with Gasteiger partial charge in [-0.25, -0.2) is 0 Å². The summed E-state index contributed by atoms with van der Waals surface area (Å²) in [5.41, 5.74) is 4.08. The minimum Gasteiger partial charge on any atom is -0.496 e. The Balaban J connectivity index is 1.44. The van der Waals surface area contributed by atoms with Gasteiger partial charge in [0.25, 0.3) is 0 Å². The van der Waals surface area contributed by atoms with Crippen molar-refractivity contribution in [3.8, 4) is 22.9 Å². The highest BCUT2D eigenvalue weighted by molar-refractivity contribution is 6.31. The molecule has 0 saturated carbocycles. The number of nitrogens with zero attached hydrogens (tertiary/aromatic N) is 4. The standard InChI is InChI=1S/C29H35ClN4O3/c1-20-22(24-18-21(30)6-9-25(24)35-2)7-8-23-26(20)31-28(32-27(23)33-12-5-16-36-17-15-33)37-19-29-10-3-13-34(29)14-4-11-29/h6-9,18H,3-5,10-17,19H2,1-2H3. The van der Waals surface area contributed by atoms with Crippen molar-refractivity contribution in [1.82, 2.24) is 14.9 Å². The van der Waals surface area contributed by atoms with E-state index < -0.39 is 0 Å². The first-order valence-corrected chi connectivity index (χ1v) is 13.8. The molecule has 0 aliphatic carbocycles. The molecule has 3 aliphatic heterocycles. The molecule has 0 bridgehead atoms. The molecule has 0 spiro atoms. The number of rotatable bonds is 6. The summed E-state index contributed by atoms with van der Waals surface area (Å²) in [7, 11) is 1.69. The van der Waals surface area contributed by atoms with Crippen molar-refractivity contribution in [2.45, 2.75) is 44.6 Å². The number of hydrogen-bond acceptors (Lipinski definition) is 7. The van der Waals surface area contributed by atoms with Crippen LogP contribution in [-0.4, -0.2) is 73.5 Å². The lowest BCUT2D eigenvalue weighted by Gasteiger charge is -2.31. The molecule has 7 nitrogen and oxygen atoms in total. The van der Waals surface area contributed by atoms with Crippen LogP contribution >= 0.6 is 11.6 Å². The maximum atomic E-state index is 6.46. The van der Waals surface area contributed by atoms with E-state index in [1.807, 2.05) is 18.2 Å². The molecule has 0 amide bonds. The van der Waals surface area contributed by atoms with Crippen LogP contribution in [0.25, 0.3) is 22.0 Å². The average molecular weight is 523 g/mol. The van der Waals surface area contributed by atoms with Gasteiger partial charge >= 0.3 is 6.01 Å². The Morgan fingerprint density at radius 3 is 2.62 bits per heavy atom. The largest absolute Gasteiger partial charge is 0.496 e. The lowest BCUT2D eigenvalue weighted by atomic mass is 9.95. The number of hydrogen-bond donors (Lipinski definition) is 0. The van der Waals surface area contributed by atoms with Crippen molar-refractivity contribution >= 4 is 28.3 Å². The van der Waals surface area contributed by atoms with Gasteiger partial charge in [0.05, 0.1) is 24.8 Å². The second-order valence-corrected chi connectivity index (χ2v) is 10.9. The number of benzene rings is 2. The van der Waals surface area contributed by atoms with Crippen molar-refractivity contribution in [3.05, 3.63) is 40.9 Å². The summed E-state index contributed by atoms with van der Waals surface area (Å²) >= 11 is 6.39. The summed E-state index contributed by atoms with van der Waals surface area (Å²) in [6.45, 7) is 8.25. The third-order valence-corrected chi connectivity index (χ3v) is 8.57. The fraction of sp³-hybridized carbons (Fsp3) is 0.517. The van der Waals surface area contributed by atoms with Crippen molar-refractivity contribution in [1.29, 1.82) is 0 Å². The lowest BCUT2D eigenvalue weighted by Crippen LogP contribution is -2.43. The van der Waals surface area contributed by atoms with Crippen LogP contribution in [0, 0.1) is 6.92 Å². The van der Waals surface area contributed by atoms with Gasteiger partial charge in [-0.3, -0.25) is 4.90 Å². The van der Waals surface area contributed by atoms with Crippen LogP contribution in [0.3, 0.4) is 0 Å². The van der Waals surface area contributed by atoms with Crippen LogP contribution in [0.4, 0.5) is 5.82 Å². The first-order chi connectivity index (χ1) is 18.1. The maximum Gasteiger partial charge on any atom is 0.319 e. The zero-order valence-electron chi connectivity index (χ0n) is 21.8. The number of aryl methyl sites for hydroxylation is 1. The summed E-state index contributed by atoms with van der Waals surface area (Å²) in [5.74, 6) is 1.70. The number of anilines is 1. The van der Waals surface area contributed by atoms with Crippen LogP contribution in [0.2, 0.25) is 5.02 Å². The molecule has 3 fully saturated rings. The number of aromatic nitrogens is 2. The van der Waals surface area contributed by atoms with Crippen LogP contribution in [-0.2, 0) is 4.74 Å². The number of halogens is 1. The fourth-order valence-electron chi connectivity index (χ4n) is 6.40. The minimum absolute atomic E-state index is 0.139. The Morgan fingerprint density at radius 2 is 1.81 bits per heavy atom. The molecular formula is C29H35ClN4O3. The molecule has 0 radical (unpaired) electrons. The van der Waals surface area contributed by atoms with Gasteiger partial charge in [-0.15, -0.1) is 0 Å². The maximum absolute atomic E-state index is 6.46. The molecular weight excluding hydrogens is 488 g/mol. The van der Waals surface area contributed by atoms with Crippen molar-refractivity contribution in [3.63, 3.8) is 0 Å². The predicted molar refractivity (Wildman–Crippen MR) is 147 cm³/mol. The molecule has 0 unspecified atom stereocenters. The highest BCUT2D eigenvalue weighted by Gasteiger charge is 2.45. The van der Waals surface area contributed by atoms with E-state index in [0.29, 0.717) is 24.2 Å².